The molecule has 0 aromatic carbocycles. The molecule has 0 heterocycles. The van der Waals surface area contributed by atoms with E-state index in [1.165, 1.54) is 12.8 Å². The van der Waals surface area contributed by atoms with Crippen molar-refractivity contribution in [3.05, 3.63) is 0 Å². The Bertz CT molecular complexity index is 98.6. The average molecular weight is 97.2 g/mol. The summed E-state index contributed by atoms with van der Waals surface area (Å²) < 4.78 is 0. The molecule has 0 aromatic rings. The minimum absolute atomic E-state index is 0.236. The first kappa shape index (κ1) is 3.88. The van der Waals surface area contributed by atoms with Gasteiger partial charge in [0.15, 0.2) is 0 Å². The second-order valence-electron chi connectivity index (χ2n) is 2.17. The van der Waals surface area contributed by atoms with Crippen LogP contribution in [-0.4, -0.2) is 10.2 Å². The fourth-order valence-corrected chi connectivity index (χ4v) is 0.549. The summed E-state index contributed by atoms with van der Waals surface area (Å²) in [6, 6.07) is 2.28. The second kappa shape index (κ2) is 0.853. The zero-order chi connectivity index (χ0) is 4.62. The highest BCUT2D eigenvalue weighted by molar-refractivity contribution is 6.19. The van der Waals surface area contributed by atoms with E-state index >= 15 is 0 Å². The number of rotatable bonds is 0. The van der Waals surface area contributed by atoms with Crippen LogP contribution in [0.1, 0.15) is 12.8 Å². The first-order chi connectivity index (χ1) is 2.77. The summed E-state index contributed by atoms with van der Waals surface area (Å²) in [7, 11) is 1.08. The molecule has 0 aliphatic heterocycles. The minimum Gasteiger partial charge on any atom is -0.198 e. The van der Waals surface area contributed by atoms with Gasteiger partial charge in [-0.1, -0.05) is 0 Å². The van der Waals surface area contributed by atoms with Crippen molar-refractivity contribution in [1.29, 1.82) is 5.26 Å². The predicted molar refractivity (Wildman–Crippen MR) is 27.5 cm³/mol. The van der Waals surface area contributed by atoms with Gasteiger partial charge in [-0.2, -0.15) is 5.26 Å². The van der Waals surface area contributed by atoms with E-state index in [4.69, 9.17) is 5.26 Å². The van der Waals surface area contributed by atoms with E-state index < -0.39 is 0 Å². The highest BCUT2D eigenvalue weighted by Crippen LogP contribution is 2.48. The van der Waals surface area contributed by atoms with Crippen molar-refractivity contribution in [1.82, 2.24) is 0 Å². The van der Waals surface area contributed by atoms with Crippen molar-refractivity contribution in [3.8, 4) is 6.07 Å². The van der Waals surface area contributed by atoms with E-state index in [-0.39, 0.29) is 5.04 Å². The molecule has 1 rings (SSSR count). The second-order valence-corrected chi connectivity index (χ2v) is 4.09. The summed E-state index contributed by atoms with van der Waals surface area (Å²) in [5, 5.41) is 8.49. The summed E-state index contributed by atoms with van der Waals surface area (Å²) in [6.07, 6.45) is 2.35. The monoisotopic (exact) mass is 97.0 g/mol. The van der Waals surface area contributed by atoms with E-state index in [0.29, 0.717) is 0 Å². The van der Waals surface area contributed by atoms with Gasteiger partial charge in [0.25, 0.3) is 0 Å². The van der Waals surface area contributed by atoms with Gasteiger partial charge in [-0.3, -0.25) is 0 Å². The van der Waals surface area contributed by atoms with Crippen LogP contribution in [0.4, 0.5) is 0 Å². The molecule has 6 heavy (non-hydrogen) atoms. The van der Waals surface area contributed by atoms with E-state index in [9.17, 15) is 0 Å². The third kappa shape index (κ3) is 0.457. The smallest absolute Gasteiger partial charge is 0.0646 e. The quantitative estimate of drug-likeness (QED) is 0.385. The zero-order valence-corrected chi connectivity index (χ0v) is 5.86. The highest BCUT2D eigenvalue weighted by Gasteiger charge is 2.36. The van der Waals surface area contributed by atoms with Gasteiger partial charge in [0.2, 0.25) is 0 Å². The molecule has 1 aliphatic carbocycles. The van der Waals surface area contributed by atoms with Crippen molar-refractivity contribution in [2.75, 3.05) is 0 Å². The van der Waals surface area contributed by atoms with Gasteiger partial charge in [0.05, 0.1) is 6.07 Å². The van der Waals surface area contributed by atoms with Crippen molar-refractivity contribution in [3.63, 3.8) is 0 Å². The molecule has 0 amide bonds. The molecule has 32 valence electrons. The Kier molecular flexibility index (Phi) is 0.552. The summed E-state index contributed by atoms with van der Waals surface area (Å²) in [6.45, 7) is 0. The van der Waals surface area contributed by atoms with Gasteiger partial charge in [0.1, 0.15) is 0 Å². The predicted octanol–water partition coefficient (Wildman–Crippen LogP) is -0.172. The Hall–Kier alpha value is -0.293. The average Bonchev–Trinajstić information content (AvgIpc) is 2.22. The van der Waals surface area contributed by atoms with Crippen LogP contribution < -0.4 is 0 Å². The molecule has 2 heteroatoms. The van der Waals surface area contributed by atoms with E-state index in [1.807, 2.05) is 0 Å². The van der Waals surface area contributed by atoms with Crippen LogP contribution in [0.3, 0.4) is 0 Å². The Labute approximate surface area is 40.4 Å². The molecule has 1 aliphatic rings. The van der Waals surface area contributed by atoms with Gasteiger partial charge < -0.3 is 0 Å². The van der Waals surface area contributed by atoms with Crippen LogP contribution in [0.15, 0.2) is 0 Å². The number of nitriles is 1. The first-order valence-electron chi connectivity index (χ1n) is 2.18. The maximum Gasteiger partial charge on any atom is 0.0646 e. The van der Waals surface area contributed by atoms with Crippen LogP contribution in [-0.2, 0) is 0 Å². The fraction of sp³-hybridized carbons (Fsp3) is 0.750. The molecular weight excluding hydrogens is 90.1 g/mol. The number of nitrogens with zero attached hydrogens (tertiary/aromatic N) is 1. The highest BCUT2D eigenvalue weighted by atomic mass is 28.1. The Morgan fingerprint density at radius 1 is 1.67 bits per heavy atom. The summed E-state index contributed by atoms with van der Waals surface area (Å²) in [5.41, 5.74) is 0. The normalized spacial score (nSPS) is 25.8. The molecule has 1 fully saturated rings. The summed E-state index contributed by atoms with van der Waals surface area (Å²) in [4.78, 5) is 0. The molecule has 0 N–H and O–H groups in total. The van der Waals surface area contributed by atoms with Gasteiger partial charge in [-0.05, 0) is 12.8 Å². The van der Waals surface area contributed by atoms with Gasteiger partial charge in [0, 0.05) is 15.3 Å². The lowest BCUT2D eigenvalue weighted by Gasteiger charge is -1.82. The third-order valence-corrected chi connectivity index (χ3v) is 2.49. The first-order valence-corrected chi connectivity index (χ1v) is 3.18. The van der Waals surface area contributed by atoms with Gasteiger partial charge in [-0.15, -0.1) is 0 Å². The van der Waals surface area contributed by atoms with Crippen molar-refractivity contribution < 1.29 is 0 Å². The van der Waals surface area contributed by atoms with Crippen molar-refractivity contribution in [2.24, 2.45) is 0 Å². The molecule has 0 atom stereocenters. The van der Waals surface area contributed by atoms with Crippen LogP contribution >= 0.6 is 0 Å². The molecule has 1 nitrogen and oxygen atoms in total. The lowest BCUT2D eigenvalue weighted by Crippen LogP contribution is -1.79. The fourth-order valence-electron chi connectivity index (χ4n) is 0.299. The van der Waals surface area contributed by atoms with Crippen molar-refractivity contribution >= 4 is 10.2 Å². The lowest BCUT2D eigenvalue weighted by atomic mass is 10.5. The third-order valence-electron chi connectivity index (χ3n) is 1.27. The Balaban J connectivity index is 2.54. The van der Waals surface area contributed by atoms with E-state index in [1.54, 1.807) is 0 Å². The number of hydrogen-bond donors (Lipinski definition) is 0. The minimum atomic E-state index is 0.236. The standard InChI is InChI=1S/C4H7NSi/c5-3-4(6)1-2-4/h1-2H2,6H3. The summed E-state index contributed by atoms with van der Waals surface area (Å²) in [5.74, 6) is 0. The SMILES string of the molecule is N#CC1([SiH3])CC1. The maximum atomic E-state index is 8.25. The lowest BCUT2D eigenvalue weighted by molar-refractivity contribution is 1.16. The Morgan fingerprint density at radius 3 is 2.17 bits per heavy atom. The molecule has 1 saturated carbocycles. The van der Waals surface area contributed by atoms with Crippen LogP contribution in [0.2, 0.25) is 5.04 Å². The van der Waals surface area contributed by atoms with E-state index in [2.05, 4.69) is 6.07 Å². The molecule has 0 spiro atoms. The largest absolute Gasteiger partial charge is 0.198 e. The Morgan fingerprint density at radius 2 is 2.17 bits per heavy atom. The zero-order valence-electron chi connectivity index (χ0n) is 3.86. The molecular formula is C4H7NSi. The van der Waals surface area contributed by atoms with Gasteiger partial charge >= 0.3 is 0 Å². The van der Waals surface area contributed by atoms with Crippen molar-refractivity contribution in [2.45, 2.75) is 17.9 Å². The van der Waals surface area contributed by atoms with Crippen LogP contribution in [0.25, 0.3) is 0 Å². The molecule has 0 saturated heterocycles. The molecule has 0 radical (unpaired) electrons. The van der Waals surface area contributed by atoms with Crippen LogP contribution in [0, 0.1) is 11.3 Å². The molecule has 0 bridgehead atoms. The van der Waals surface area contributed by atoms with Gasteiger partial charge in [-0.25, -0.2) is 0 Å². The number of hydrogen-bond acceptors (Lipinski definition) is 1. The molecule has 0 unspecified atom stereocenters. The summed E-state index contributed by atoms with van der Waals surface area (Å²) >= 11 is 0. The van der Waals surface area contributed by atoms with E-state index in [0.717, 1.165) is 10.2 Å². The topological polar surface area (TPSA) is 23.8 Å². The maximum absolute atomic E-state index is 8.25. The molecule has 0 aromatic heterocycles. The van der Waals surface area contributed by atoms with Crippen LogP contribution in [0.5, 0.6) is 0 Å².